The predicted octanol–water partition coefficient (Wildman–Crippen LogP) is 2.07. The Morgan fingerprint density at radius 3 is 3.23 bits per heavy atom. The monoisotopic (exact) mass is 315 g/mol. The lowest BCUT2D eigenvalue weighted by atomic mass is 10.2. The molecule has 0 radical (unpaired) electrons. The molecule has 1 fully saturated rings. The molecule has 4 heterocycles. The molecule has 3 aromatic rings. The van der Waals surface area contributed by atoms with E-state index in [9.17, 15) is 0 Å². The smallest absolute Gasteiger partial charge is 0.194 e. The van der Waals surface area contributed by atoms with E-state index in [0.29, 0.717) is 6.61 Å². The number of morpholine rings is 1. The minimum absolute atomic E-state index is 0.00589. The van der Waals surface area contributed by atoms with Crippen molar-refractivity contribution in [2.24, 2.45) is 0 Å². The second kappa shape index (κ2) is 5.75. The molecule has 6 nitrogen and oxygen atoms in total. The van der Waals surface area contributed by atoms with E-state index < -0.39 is 0 Å². The fourth-order valence-electron chi connectivity index (χ4n) is 2.85. The maximum atomic E-state index is 5.85. The lowest BCUT2D eigenvalue weighted by Crippen LogP contribution is -2.38. The number of rotatable bonds is 3. The molecule has 0 amide bonds. The summed E-state index contributed by atoms with van der Waals surface area (Å²) < 4.78 is 8.04. The van der Waals surface area contributed by atoms with Crippen molar-refractivity contribution in [3.8, 4) is 0 Å². The Bertz CT molecular complexity index is 769. The number of hydrogen-bond donors (Lipinski definition) is 0. The molecule has 0 bridgehead atoms. The number of ether oxygens (including phenoxy) is 1. The van der Waals surface area contributed by atoms with Gasteiger partial charge in [0.2, 0.25) is 0 Å². The average molecular weight is 315 g/mol. The van der Waals surface area contributed by atoms with E-state index in [4.69, 9.17) is 4.74 Å². The summed E-state index contributed by atoms with van der Waals surface area (Å²) in [7, 11) is 0. The van der Waals surface area contributed by atoms with Crippen molar-refractivity contribution in [2.45, 2.75) is 19.6 Å². The van der Waals surface area contributed by atoms with Crippen LogP contribution < -0.4 is 0 Å². The van der Waals surface area contributed by atoms with Crippen LogP contribution >= 0.6 is 11.3 Å². The Labute approximate surface area is 132 Å². The van der Waals surface area contributed by atoms with Crippen LogP contribution in [0, 0.1) is 6.92 Å². The first-order chi connectivity index (χ1) is 10.8. The maximum Gasteiger partial charge on any atom is 0.194 e. The number of thiazole rings is 1. The summed E-state index contributed by atoms with van der Waals surface area (Å²) in [5, 5.41) is 2.08. The van der Waals surface area contributed by atoms with Crippen LogP contribution in [-0.4, -0.2) is 43.9 Å². The van der Waals surface area contributed by atoms with Gasteiger partial charge in [-0.2, -0.15) is 0 Å². The number of imidazole rings is 1. The zero-order valence-electron chi connectivity index (χ0n) is 12.3. The van der Waals surface area contributed by atoms with E-state index in [1.165, 1.54) is 5.69 Å². The van der Waals surface area contributed by atoms with Gasteiger partial charge in [-0.05, 0) is 6.92 Å². The Balaban J connectivity index is 1.53. The van der Waals surface area contributed by atoms with Crippen LogP contribution in [0.4, 0.5) is 0 Å². The van der Waals surface area contributed by atoms with Crippen LogP contribution in [0.25, 0.3) is 4.96 Å². The molecule has 0 aliphatic carbocycles. The Morgan fingerprint density at radius 2 is 2.36 bits per heavy atom. The maximum absolute atomic E-state index is 5.85. The highest BCUT2D eigenvalue weighted by molar-refractivity contribution is 7.15. The number of aromatic nitrogens is 4. The topological polar surface area (TPSA) is 55.5 Å². The van der Waals surface area contributed by atoms with E-state index in [1.54, 1.807) is 29.9 Å². The number of aryl methyl sites for hydroxylation is 1. The highest BCUT2D eigenvalue weighted by atomic mass is 32.1. The van der Waals surface area contributed by atoms with Crippen LogP contribution in [0.1, 0.15) is 23.2 Å². The van der Waals surface area contributed by atoms with E-state index >= 15 is 0 Å². The van der Waals surface area contributed by atoms with Crippen LogP contribution in [0.5, 0.6) is 0 Å². The second-order valence-corrected chi connectivity index (χ2v) is 6.30. The minimum atomic E-state index is -0.00589. The van der Waals surface area contributed by atoms with Gasteiger partial charge in [0.15, 0.2) is 4.96 Å². The molecule has 0 N–H and O–H groups in total. The van der Waals surface area contributed by atoms with Gasteiger partial charge < -0.3 is 4.74 Å². The van der Waals surface area contributed by atoms with Gasteiger partial charge in [0.25, 0.3) is 0 Å². The van der Waals surface area contributed by atoms with Crippen molar-refractivity contribution in [1.29, 1.82) is 0 Å². The van der Waals surface area contributed by atoms with E-state index in [-0.39, 0.29) is 6.10 Å². The lowest BCUT2D eigenvalue weighted by Gasteiger charge is -2.32. The average Bonchev–Trinajstić information content (AvgIpc) is 3.11. The first-order valence-electron chi connectivity index (χ1n) is 7.32. The highest BCUT2D eigenvalue weighted by Crippen LogP contribution is 2.23. The first-order valence-corrected chi connectivity index (χ1v) is 8.20. The van der Waals surface area contributed by atoms with Gasteiger partial charge in [-0.1, -0.05) is 0 Å². The van der Waals surface area contributed by atoms with Gasteiger partial charge in [0, 0.05) is 43.6 Å². The lowest BCUT2D eigenvalue weighted by molar-refractivity contribution is -0.0356. The van der Waals surface area contributed by atoms with E-state index in [0.717, 1.165) is 36.0 Å². The number of nitrogens with zero attached hydrogens (tertiary/aromatic N) is 5. The van der Waals surface area contributed by atoms with Gasteiger partial charge in [0.1, 0.15) is 6.10 Å². The summed E-state index contributed by atoms with van der Waals surface area (Å²) in [6.45, 7) is 5.43. The molecule has 7 heteroatoms. The predicted molar refractivity (Wildman–Crippen MR) is 83.8 cm³/mol. The fraction of sp³-hybridized carbons (Fsp3) is 0.400. The molecule has 0 aromatic carbocycles. The molecule has 0 unspecified atom stereocenters. The molecule has 22 heavy (non-hydrogen) atoms. The van der Waals surface area contributed by atoms with E-state index in [1.807, 2.05) is 0 Å². The number of hydrogen-bond acceptors (Lipinski definition) is 6. The summed E-state index contributed by atoms with van der Waals surface area (Å²) in [5.74, 6) is 0. The molecule has 4 rings (SSSR count). The molecule has 1 aliphatic heterocycles. The quantitative estimate of drug-likeness (QED) is 0.740. The third-order valence-electron chi connectivity index (χ3n) is 4.00. The first kappa shape index (κ1) is 13.8. The van der Waals surface area contributed by atoms with Crippen molar-refractivity contribution >= 4 is 16.3 Å². The second-order valence-electron chi connectivity index (χ2n) is 5.42. The zero-order valence-corrected chi connectivity index (χ0v) is 13.2. The summed E-state index contributed by atoms with van der Waals surface area (Å²) in [6.07, 6.45) is 7.28. The largest absolute Gasteiger partial charge is 0.369 e. The normalized spacial score (nSPS) is 19.8. The van der Waals surface area contributed by atoms with Crippen LogP contribution in [0.3, 0.4) is 0 Å². The molecule has 114 valence electrons. The molecular weight excluding hydrogens is 298 g/mol. The van der Waals surface area contributed by atoms with Crippen molar-refractivity contribution < 1.29 is 4.74 Å². The van der Waals surface area contributed by atoms with Gasteiger partial charge in [-0.15, -0.1) is 11.3 Å². The van der Waals surface area contributed by atoms with Gasteiger partial charge >= 0.3 is 0 Å². The summed E-state index contributed by atoms with van der Waals surface area (Å²) in [6, 6.07) is 0. The third kappa shape index (κ3) is 2.51. The summed E-state index contributed by atoms with van der Waals surface area (Å²) in [5.41, 5.74) is 3.27. The van der Waals surface area contributed by atoms with Gasteiger partial charge in [0.05, 0.1) is 29.9 Å². The Hall–Kier alpha value is -1.83. The standard InChI is InChI=1S/C15H17N5OS/c1-11-13(20-5-7-22-15(20)18-11)9-19-4-6-21-14(10-19)12-8-16-2-3-17-12/h2-3,5,7-8,14H,4,6,9-10H2,1H3/t14-/m0/s1. The number of fused-ring (bicyclic) bond motifs is 1. The molecule has 1 atom stereocenters. The Morgan fingerprint density at radius 1 is 1.41 bits per heavy atom. The van der Waals surface area contributed by atoms with Crippen LogP contribution in [-0.2, 0) is 11.3 Å². The molecule has 1 aliphatic rings. The SMILES string of the molecule is Cc1nc2sccn2c1CN1CCO[C@H](c2cnccn2)C1. The highest BCUT2D eigenvalue weighted by Gasteiger charge is 2.24. The van der Waals surface area contributed by atoms with Gasteiger partial charge in [-0.25, -0.2) is 4.98 Å². The summed E-state index contributed by atoms with van der Waals surface area (Å²) >= 11 is 1.67. The zero-order chi connectivity index (χ0) is 14.9. The molecule has 0 saturated carbocycles. The van der Waals surface area contributed by atoms with Crippen molar-refractivity contribution in [1.82, 2.24) is 24.3 Å². The fourth-order valence-corrected chi connectivity index (χ4v) is 3.62. The molecular formula is C15H17N5OS. The summed E-state index contributed by atoms with van der Waals surface area (Å²) in [4.78, 5) is 16.6. The van der Waals surface area contributed by atoms with Gasteiger partial charge in [-0.3, -0.25) is 19.3 Å². The van der Waals surface area contributed by atoms with Crippen molar-refractivity contribution in [3.63, 3.8) is 0 Å². The van der Waals surface area contributed by atoms with Crippen molar-refractivity contribution in [2.75, 3.05) is 19.7 Å². The minimum Gasteiger partial charge on any atom is -0.369 e. The van der Waals surface area contributed by atoms with Crippen LogP contribution in [0.15, 0.2) is 30.2 Å². The molecule has 1 saturated heterocycles. The molecule has 0 spiro atoms. The Kier molecular flexibility index (Phi) is 3.61. The molecule has 3 aromatic heterocycles. The van der Waals surface area contributed by atoms with Crippen molar-refractivity contribution in [3.05, 3.63) is 47.2 Å². The van der Waals surface area contributed by atoms with Crippen LogP contribution in [0.2, 0.25) is 0 Å². The van der Waals surface area contributed by atoms with E-state index in [2.05, 4.69) is 42.8 Å². The third-order valence-corrected chi connectivity index (χ3v) is 4.75.